The molecule has 2 heterocycles. The maximum absolute atomic E-state index is 5.38. The summed E-state index contributed by atoms with van der Waals surface area (Å²) in [7, 11) is 0. The summed E-state index contributed by atoms with van der Waals surface area (Å²) in [5.41, 5.74) is 0.457. The minimum Gasteiger partial charge on any atom is -0.381 e. The van der Waals surface area contributed by atoms with E-state index in [9.17, 15) is 0 Å². The molecule has 82 valence electrons. The van der Waals surface area contributed by atoms with E-state index in [4.69, 9.17) is 4.74 Å². The van der Waals surface area contributed by atoms with Gasteiger partial charge in [0.2, 0.25) is 0 Å². The van der Waals surface area contributed by atoms with Gasteiger partial charge in [0.25, 0.3) is 0 Å². The predicted octanol–water partition coefficient (Wildman–Crippen LogP) is 2.34. The minimum absolute atomic E-state index is 0.457. The summed E-state index contributed by atoms with van der Waals surface area (Å²) in [6.45, 7) is 5.60. The van der Waals surface area contributed by atoms with Crippen molar-refractivity contribution in [2.24, 2.45) is 5.92 Å². The maximum Gasteiger partial charge on any atom is 0.0468 e. The second-order valence-electron chi connectivity index (χ2n) is 5.19. The van der Waals surface area contributed by atoms with Gasteiger partial charge in [-0.15, -0.1) is 0 Å². The standard InChI is InChI=1S/C12H23NO/c1-12(6-2-8-13-12)7-3-11-4-9-14-10-5-11/h11,13H,2-10H2,1H3. The van der Waals surface area contributed by atoms with Gasteiger partial charge in [0.1, 0.15) is 0 Å². The highest BCUT2D eigenvalue weighted by Crippen LogP contribution is 2.28. The Kier molecular flexibility index (Phi) is 3.45. The van der Waals surface area contributed by atoms with Gasteiger partial charge in [-0.1, -0.05) is 0 Å². The molecule has 2 fully saturated rings. The summed E-state index contributed by atoms with van der Waals surface area (Å²) < 4.78 is 5.38. The van der Waals surface area contributed by atoms with Gasteiger partial charge in [-0.3, -0.25) is 0 Å². The summed E-state index contributed by atoms with van der Waals surface area (Å²) in [4.78, 5) is 0. The SMILES string of the molecule is CC1(CCC2CCOCC2)CCCN1. The molecular weight excluding hydrogens is 174 g/mol. The second-order valence-corrected chi connectivity index (χ2v) is 5.19. The molecule has 0 aromatic rings. The number of ether oxygens (including phenoxy) is 1. The van der Waals surface area contributed by atoms with Crippen LogP contribution in [0.2, 0.25) is 0 Å². The summed E-state index contributed by atoms with van der Waals surface area (Å²) in [5.74, 6) is 0.933. The van der Waals surface area contributed by atoms with Crippen molar-refractivity contribution >= 4 is 0 Å². The zero-order chi connectivity index (χ0) is 9.86. The Labute approximate surface area is 87.4 Å². The van der Waals surface area contributed by atoms with Gasteiger partial charge in [-0.2, -0.15) is 0 Å². The fourth-order valence-corrected chi connectivity index (χ4v) is 2.73. The monoisotopic (exact) mass is 197 g/mol. The van der Waals surface area contributed by atoms with Crippen LogP contribution in [0.4, 0.5) is 0 Å². The molecule has 2 heteroatoms. The quantitative estimate of drug-likeness (QED) is 0.750. The van der Waals surface area contributed by atoms with Gasteiger partial charge in [0.05, 0.1) is 0 Å². The lowest BCUT2D eigenvalue weighted by atomic mass is 9.86. The van der Waals surface area contributed by atoms with Crippen molar-refractivity contribution in [3.8, 4) is 0 Å². The number of nitrogens with one attached hydrogen (secondary N) is 1. The molecule has 2 rings (SSSR count). The van der Waals surface area contributed by atoms with E-state index in [-0.39, 0.29) is 0 Å². The van der Waals surface area contributed by atoms with Crippen molar-refractivity contribution < 1.29 is 4.74 Å². The van der Waals surface area contributed by atoms with Crippen LogP contribution in [-0.2, 0) is 4.74 Å². The third-order valence-corrected chi connectivity index (χ3v) is 3.90. The first kappa shape index (κ1) is 10.4. The normalized spacial score (nSPS) is 34.9. The Morgan fingerprint density at radius 1 is 1.36 bits per heavy atom. The molecule has 0 aliphatic carbocycles. The lowest BCUT2D eigenvalue weighted by molar-refractivity contribution is 0.0610. The zero-order valence-electron chi connectivity index (χ0n) is 9.35. The third kappa shape index (κ3) is 2.71. The van der Waals surface area contributed by atoms with Gasteiger partial charge >= 0.3 is 0 Å². The average Bonchev–Trinajstić information content (AvgIpc) is 2.65. The molecule has 0 spiro atoms. The molecule has 2 aliphatic heterocycles. The van der Waals surface area contributed by atoms with Crippen LogP contribution in [0.5, 0.6) is 0 Å². The smallest absolute Gasteiger partial charge is 0.0468 e. The molecule has 0 saturated carbocycles. The van der Waals surface area contributed by atoms with Crippen molar-refractivity contribution in [2.75, 3.05) is 19.8 Å². The molecule has 2 aliphatic rings. The number of rotatable bonds is 3. The Morgan fingerprint density at radius 2 is 2.14 bits per heavy atom. The van der Waals surface area contributed by atoms with Gasteiger partial charge in [0.15, 0.2) is 0 Å². The molecule has 0 aromatic heterocycles. The minimum atomic E-state index is 0.457. The Hall–Kier alpha value is -0.0800. The summed E-state index contributed by atoms with van der Waals surface area (Å²) >= 11 is 0. The maximum atomic E-state index is 5.38. The summed E-state index contributed by atoms with van der Waals surface area (Å²) in [6, 6.07) is 0. The van der Waals surface area contributed by atoms with Gasteiger partial charge < -0.3 is 10.1 Å². The van der Waals surface area contributed by atoms with Crippen molar-refractivity contribution in [3.05, 3.63) is 0 Å². The predicted molar refractivity (Wildman–Crippen MR) is 58.4 cm³/mol. The fraction of sp³-hybridized carbons (Fsp3) is 1.00. The van der Waals surface area contributed by atoms with E-state index in [0.717, 1.165) is 19.1 Å². The molecule has 0 bridgehead atoms. The van der Waals surface area contributed by atoms with Gasteiger partial charge in [0, 0.05) is 18.8 Å². The van der Waals surface area contributed by atoms with E-state index in [1.807, 2.05) is 0 Å². The second kappa shape index (κ2) is 4.63. The van der Waals surface area contributed by atoms with Crippen molar-refractivity contribution in [2.45, 2.75) is 51.0 Å². The van der Waals surface area contributed by atoms with Gasteiger partial charge in [-0.05, 0) is 57.9 Å². The van der Waals surface area contributed by atoms with E-state index in [1.54, 1.807) is 0 Å². The van der Waals surface area contributed by atoms with Crippen LogP contribution in [0, 0.1) is 5.92 Å². The van der Waals surface area contributed by atoms with Crippen LogP contribution in [0.15, 0.2) is 0 Å². The van der Waals surface area contributed by atoms with E-state index in [2.05, 4.69) is 12.2 Å². The van der Waals surface area contributed by atoms with Crippen LogP contribution in [0.1, 0.15) is 45.4 Å². The Bertz CT molecular complexity index is 169. The molecule has 0 amide bonds. The van der Waals surface area contributed by atoms with E-state index >= 15 is 0 Å². The van der Waals surface area contributed by atoms with Crippen molar-refractivity contribution in [1.29, 1.82) is 0 Å². The van der Waals surface area contributed by atoms with Crippen LogP contribution in [0.3, 0.4) is 0 Å². The highest BCUT2D eigenvalue weighted by atomic mass is 16.5. The van der Waals surface area contributed by atoms with Crippen LogP contribution < -0.4 is 5.32 Å². The van der Waals surface area contributed by atoms with Crippen LogP contribution in [-0.4, -0.2) is 25.3 Å². The lowest BCUT2D eigenvalue weighted by Gasteiger charge is -2.28. The van der Waals surface area contributed by atoms with Gasteiger partial charge in [-0.25, -0.2) is 0 Å². The molecule has 1 atom stereocenters. The lowest BCUT2D eigenvalue weighted by Crippen LogP contribution is -2.36. The molecule has 1 N–H and O–H groups in total. The number of hydrogen-bond donors (Lipinski definition) is 1. The molecule has 0 radical (unpaired) electrons. The van der Waals surface area contributed by atoms with E-state index in [1.165, 1.54) is 45.1 Å². The topological polar surface area (TPSA) is 21.3 Å². The molecule has 14 heavy (non-hydrogen) atoms. The number of hydrogen-bond acceptors (Lipinski definition) is 2. The first-order valence-electron chi connectivity index (χ1n) is 6.11. The molecule has 1 unspecified atom stereocenters. The highest BCUT2D eigenvalue weighted by Gasteiger charge is 2.28. The fourth-order valence-electron chi connectivity index (χ4n) is 2.73. The largest absolute Gasteiger partial charge is 0.381 e. The Morgan fingerprint density at radius 3 is 2.79 bits per heavy atom. The molecule has 2 saturated heterocycles. The van der Waals surface area contributed by atoms with Crippen LogP contribution >= 0.6 is 0 Å². The zero-order valence-corrected chi connectivity index (χ0v) is 9.35. The summed E-state index contributed by atoms with van der Waals surface area (Å²) in [6.07, 6.45) is 8.07. The first-order chi connectivity index (χ1) is 6.79. The Balaban J connectivity index is 1.70. The average molecular weight is 197 g/mol. The van der Waals surface area contributed by atoms with Crippen LogP contribution in [0.25, 0.3) is 0 Å². The molecular formula is C12H23NO. The van der Waals surface area contributed by atoms with E-state index in [0.29, 0.717) is 5.54 Å². The third-order valence-electron chi connectivity index (χ3n) is 3.90. The first-order valence-corrected chi connectivity index (χ1v) is 6.11. The summed E-state index contributed by atoms with van der Waals surface area (Å²) in [5, 5.41) is 3.64. The molecule has 2 nitrogen and oxygen atoms in total. The van der Waals surface area contributed by atoms with Crippen molar-refractivity contribution in [3.63, 3.8) is 0 Å². The van der Waals surface area contributed by atoms with E-state index < -0.39 is 0 Å². The highest BCUT2D eigenvalue weighted by molar-refractivity contribution is 4.88. The molecule has 0 aromatic carbocycles. The van der Waals surface area contributed by atoms with Crippen molar-refractivity contribution in [1.82, 2.24) is 5.32 Å².